The third kappa shape index (κ3) is 3.66. The van der Waals surface area contributed by atoms with E-state index in [4.69, 9.17) is 4.74 Å². The molecule has 0 saturated carbocycles. The summed E-state index contributed by atoms with van der Waals surface area (Å²) in [5.41, 5.74) is 2.82. The molecule has 2 heterocycles. The Hall–Kier alpha value is -3.91. The van der Waals surface area contributed by atoms with Crippen LogP contribution in [0.2, 0.25) is 0 Å². The zero-order valence-electron chi connectivity index (χ0n) is 18.9. The second-order valence-electron chi connectivity index (χ2n) is 7.92. The Morgan fingerprint density at radius 3 is 2.41 bits per heavy atom. The molecule has 170 valence electrons. The van der Waals surface area contributed by atoms with E-state index in [1.807, 2.05) is 60.7 Å². The van der Waals surface area contributed by atoms with E-state index in [-0.39, 0.29) is 11.3 Å². The molecule has 1 unspecified atom stereocenters. The summed E-state index contributed by atoms with van der Waals surface area (Å²) in [7, 11) is 1.59. The van der Waals surface area contributed by atoms with E-state index < -0.39 is 5.25 Å². The number of ether oxygens (including phenoxy) is 1. The Morgan fingerprint density at radius 2 is 1.68 bits per heavy atom. The monoisotopic (exact) mass is 470 g/mol. The van der Waals surface area contributed by atoms with Crippen LogP contribution in [0, 0.1) is 6.92 Å². The predicted octanol–water partition coefficient (Wildman–Crippen LogP) is 4.71. The zero-order chi connectivity index (χ0) is 23.8. The Kier molecular flexibility index (Phi) is 5.67. The third-order valence-corrected chi connectivity index (χ3v) is 6.82. The zero-order valence-corrected chi connectivity index (χ0v) is 19.7. The van der Waals surface area contributed by atoms with E-state index in [1.54, 1.807) is 42.0 Å². The van der Waals surface area contributed by atoms with Gasteiger partial charge < -0.3 is 4.74 Å². The normalized spacial score (nSPS) is 12.2. The van der Waals surface area contributed by atoms with Crippen molar-refractivity contribution in [3.63, 3.8) is 0 Å². The Morgan fingerprint density at radius 1 is 0.971 bits per heavy atom. The molecule has 34 heavy (non-hydrogen) atoms. The summed E-state index contributed by atoms with van der Waals surface area (Å²) >= 11 is 1.31. The predicted molar refractivity (Wildman–Crippen MR) is 133 cm³/mol. The number of ketones is 1. The summed E-state index contributed by atoms with van der Waals surface area (Å²) in [5.74, 6) is 1.08. The smallest absolute Gasteiger partial charge is 0.267 e. The van der Waals surface area contributed by atoms with E-state index in [0.717, 1.165) is 11.3 Å². The molecule has 5 rings (SSSR count). The highest BCUT2D eigenvalue weighted by atomic mass is 32.2. The van der Waals surface area contributed by atoms with Crippen LogP contribution in [0.1, 0.15) is 22.8 Å². The first-order chi connectivity index (χ1) is 16.5. The van der Waals surface area contributed by atoms with Gasteiger partial charge in [0.25, 0.3) is 5.56 Å². The number of carbonyl (C=O) groups excluding carboxylic acids is 1. The van der Waals surface area contributed by atoms with Gasteiger partial charge >= 0.3 is 0 Å². The van der Waals surface area contributed by atoms with Crippen LogP contribution in [0.15, 0.2) is 82.7 Å². The molecule has 2 aromatic heterocycles. The van der Waals surface area contributed by atoms with Crippen molar-refractivity contribution in [2.75, 3.05) is 7.11 Å². The number of rotatable bonds is 6. The molecular weight excluding hydrogens is 448 g/mol. The van der Waals surface area contributed by atoms with E-state index >= 15 is 0 Å². The highest BCUT2D eigenvalue weighted by Gasteiger charge is 2.23. The fourth-order valence-corrected chi connectivity index (χ4v) is 4.92. The van der Waals surface area contributed by atoms with Gasteiger partial charge in [0, 0.05) is 5.56 Å². The summed E-state index contributed by atoms with van der Waals surface area (Å²) in [6, 6.07) is 22.1. The largest absolute Gasteiger partial charge is 0.497 e. The van der Waals surface area contributed by atoms with E-state index in [9.17, 15) is 9.59 Å². The summed E-state index contributed by atoms with van der Waals surface area (Å²) in [6.07, 6.45) is 0. The maximum absolute atomic E-state index is 13.5. The number of carbonyl (C=O) groups is 1. The number of thioether (sulfide) groups is 1. The van der Waals surface area contributed by atoms with Gasteiger partial charge in [0.15, 0.2) is 10.9 Å². The quantitative estimate of drug-likeness (QED) is 0.264. The second-order valence-corrected chi connectivity index (χ2v) is 9.22. The number of Topliss-reactive ketones (excluding diaryl/α,β-unsaturated/α-hetero) is 1. The molecule has 0 N–H and O–H groups in total. The Labute approximate surface area is 200 Å². The number of methoxy groups -OCH3 is 1. The molecule has 7 nitrogen and oxygen atoms in total. The summed E-state index contributed by atoms with van der Waals surface area (Å²) in [5, 5.41) is 9.45. The molecule has 0 aliphatic carbocycles. The summed E-state index contributed by atoms with van der Waals surface area (Å²) in [6.45, 7) is 3.80. The number of para-hydroxylation sites is 2. The molecular formula is C26H22N4O3S. The average molecular weight is 471 g/mol. The number of aryl methyl sites for hydroxylation is 1. The molecule has 8 heteroatoms. The molecule has 0 radical (unpaired) electrons. The van der Waals surface area contributed by atoms with Crippen molar-refractivity contribution in [2.45, 2.75) is 24.3 Å². The van der Waals surface area contributed by atoms with E-state index in [1.165, 1.54) is 11.8 Å². The first-order valence-electron chi connectivity index (χ1n) is 10.8. The van der Waals surface area contributed by atoms with Crippen molar-refractivity contribution < 1.29 is 9.53 Å². The van der Waals surface area contributed by atoms with Crippen molar-refractivity contribution in [1.29, 1.82) is 0 Å². The van der Waals surface area contributed by atoms with Gasteiger partial charge in [-0.2, -0.15) is 0 Å². The number of aromatic nitrogens is 4. The molecule has 0 amide bonds. The van der Waals surface area contributed by atoms with Crippen LogP contribution in [0.3, 0.4) is 0 Å². The van der Waals surface area contributed by atoms with E-state index in [0.29, 0.717) is 33.1 Å². The summed E-state index contributed by atoms with van der Waals surface area (Å²) in [4.78, 5) is 26.6. The standard InChI is InChI=1S/C26H22N4O3S/c1-16-8-4-6-10-21(16)29-24(32)20-9-5-7-11-22(20)30-25(29)27-28-26(30)34-17(2)23(31)18-12-14-19(33-3)15-13-18/h4-15,17H,1-3H3. The van der Waals surface area contributed by atoms with E-state index in [2.05, 4.69) is 10.2 Å². The number of fused-ring (bicyclic) bond motifs is 3. The van der Waals surface area contributed by atoms with Gasteiger partial charge in [0.1, 0.15) is 5.75 Å². The summed E-state index contributed by atoms with van der Waals surface area (Å²) < 4.78 is 8.62. The van der Waals surface area contributed by atoms with Crippen LogP contribution in [0.5, 0.6) is 5.75 Å². The fourth-order valence-electron chi connectivity index (χ4n) is 3.99. The van der Waals surface area contributed by atoms with Gasteiger partial charge in [-0.1, -0.05) is 42.1 Å². The molecule has 3 aromatic carbocycles. The molecule has 0 bridgehead atoms. The van der Waals surface area contributed by atoms with Crippen LogP contribution in [-0.2, 0) is 0 Å². The van der Waals surface area contributed by atoms with Crippen LogP contribution in [0.25, 0.3) is 22.4 Å². The fraction of sp³-hybridized carbons (Fsp3) is 0.154. The lowest BCUT2D eigenvalue weighted by molar-refractivity contribution is 0.0994. The maximum atomic E-state index is 13.5. The molecule has 0 saturated heterocycles. The van der Waals surface area contributed by atoms with Crippen LogP contribution >= 0.6 is 11.8 Å². The SMILES string of the molecule is COc1ccc(C(=O)C(C)Sc2nnc3n(-c4ccccc4C)c(=O)c4ccccc4n23)cc1. The van der Waals surface area contributed by atoms with Crippen molar-refractivity contribution in [3.8, 4) is 11.4 Å². The van der Waals surface area contributed by atoms with Gasteiger partial charge in [-0.3, -0.25) is 14.0 Å². The molecule has 0 aliphatic heterocycles. The van der Waals surface area contributed by atoms with Crippen molar-refractivity contribution in [1.82, 2.24) is 19.2 Å². The van der Waals surface area contributed by atoms with Crippen molar-refractivity contribution >= 4 is 34.2 Å². The van der Waals surface area contributed by atoms with Gasteiger partial charge in [0.2, 0.25) is 5.78 Å². The molecule has 0 spiro atoms. The topological polar surface area (TPSA) is 78.5 Å². The third-order valence-electron chi connectivity index (χ3n) is 5.78. The first-order valence-corrected chi connectivity index (χ1v) is 11.7. The minimum Gasteiger partial charge on any atom is -0.497 e. The van der Waals surface area contributed by atoms with Crippen molar-refractivity contribution in [2.24, 2.45) is 0 Å². The Balaban J connectivity index is 1.64. The average Bonchev–Trinajstić information content (AvgIpc) is 3.28. The lowest BCUT2D eigenvalue weighted by Crippen LogP contribution is -2.22. The number of benzene rings is 3. The maximum Gasteiger partial charge on any atom is 0.267 e. The minimum absolute atomic E-state index is 0.0269. The van der Waals surface area contributed by atoms with Gasteiger partial charge in [-0.15, -0.1) is 10.2 Å². The molecule has 1 atom stereocenters. The van der Waals surface area contributed by atoms with Crippen molar-refractivity contribution in [3.05, 3.63) is 94.3 Å². The van der Waals surface area contributed by atoms with Gasteiger partial charge in [-0.25, -0.2) is 4.57 Å². The lowest BCUT2D eigenvalue weighted by Gasteiger charge is -2.14. The Bertz CT molecular complexity index is 1590. The number of nitrogens with zero attached hydrogens (tertiary/aromatic N) is 4. The molecule has 0 fully saturated rings. The van der Waals surface area contributed by atoms with Gasteiger partial charge in [-0.05, 0) is 61.9 Å². The van der Waals surface area contributed by atoms with Crippen LogP contribution < -0.4 is 10.3 Å². The van der Waals surface area contributed by atoms with Gasteiger partial charge in [0.05, 0.1) is 29.0 Å². The number of hydrogen-bond donors (Lipinski definition) is 0. The second kappa shape index (κ2) is 8.79. The lowest BCUT2D eigenvalue weighted by atomic mass is 10.1. The first kappa shape index (κ1) is 21.9. The highest BCUT2D eigenvalue weighted by molar-refractivity contribution is 8.00. The minimum atomic E-state index is -0.418. The van der Waals surface area contributed by atoms with Crippen LogP contribution in [-0.4, -0.2) is 37.3 Å². The van der Waals surface area contributed by atoms with Crippen LogP contribution in [0.4, 0.5) is 0 Å². The number of hydrogen-bond acceptors (Lipinski definition) is 6. The highest BCUT2D eigenvalue weighted by Crippen LogP contribution is 2.28. The molecule has 0 aliphatic rings. The molecule has 5 aromatic rings.